The summed E-state index contributed by atoms with van der Waals surface area (Å²) in [6.45, 7) is 0. The lowest BCUT2D eigenvalue weighted by molar-refractivity contribution is 0.761. The summed E-state index contributed by atoms with van der Waals surface area (Å²) < 4.78 is 0. The molecule has 0 heteroatoms. The fourth-order valence-electron chi connectivity index (χ4n) is 1.15. The lowest BCUT2D eigenvalue weighted by atomic mass is 10.2. The highest BCUT2D eigenvalue weighted by Gasteiger charge is 1.83. The third kappa shape index (κ3) is 4.60. The van der Waals surface area contributed by atoms with E-state index >= 15 is 0 Å². The Balaban J connectivity index is 2.35. The van der Waals surface area contributed by atoms with Crippen molar-refractivity contribution < 1.29 is 0 Å². The summed E-state index contributed by atoms with van der Waals surface area (Å²) in [6.07, 6.45) is 19.5. The van der Waals surface area contributed by atoms with Crippen molar-refractivity contribution >= 4 is 0 Å². The normalized spacial score (nSPS) is 22.5. The highest BCUT2D eigenvalue weighted by atomic mass is 13.9. The van der Waals surface area contributed by atoms with Crippen LogP contribution in [0.25, 0.3) is 0 Å². The van der Waals surface area contributed by atoms with Crippen molar-refractivity contribution in [1.82, 2.24) is 0 Å². The molecule has 0 spiro atoms. The first-order valence-corrected chi connectivity index (χ1v) is 4.47. The zero-order valence-corrected chi connectivity index (χ0v) is 7.00. The molecule has 0 amide bonds. The van der Waals surface area contributed by atoms with Gasteiger partial charge in [-0.2, -0.15) is 0 Å². The second-order valence-corrected chi connectivity index (χ2v) is 2.85. The van der Waals surface area contributed by atoms with Crippen molar-refractivity contribution in [3.63, 3.8) is 0 Å². The van der Waals surface area contributed by atoms with Crippen LogP contribution in [0.4, 0.5) is 0 Å². The van der Waals surface area contributed by atoms with E-state index in [1.54, 1.807) is 0 Å². The SMILES string of the molecule is C1=CC/C=C\CCCCC=C1. The van der Waals surface area contributed by atoms with Gasteiger partial charge >= 0.3 is 0 Å². The molecule has 0 saturated carbocycles. The zero-order valence-electron chi connectivity index (χ0n) is 7.00. The molecule has 0 aromatic carbocycles. The summed E-state index contributed by atoms with van der Waals surface area (Å²) in [4.78, 5) is 0. The van der Waals surface area contributed by atoms with Gasteiger partial charge in [0.1, 0.15) is 0 Å². The predicted molar refractivity (Wildman–Crippen MR) is 50.5 cm³/mol. The van der Waals surface area contributed by atoms with Gasteiger partial charge in [0, 0.05) is 0 Å². The van der Waals surface area contributed by atoms with Crippen LogP contribution in [0.1, 0.15) is 32.1 Å². The van der Waals surface area contributed by atoms with E-state index < -0.39 is 0 Å². The highest BCUT2D eigenvalue weighted by Crippen LogP contribution is 2.03. The molecule has 0 nitrogen and oxygen atoms in total. The Morgan fingerprint density at radius 2 is 1.36 bits per heavy atom. The Morgan fingerprint density at radius 1 is 0.636 bits per heavy atom. The zero-order chi connectivity index (χ0) is 7.78. The van der Waals surface area contributed by atoms with E-state index in [0.29, 0.717) is 0 Å². The molecule has 0 aromatic heterocycles. The molecular formula is C11H16. The van der Waals surface area contributed by atoms with Crippen molar-refractivity contribution in [1.29, 1.82) is 0 Å². The average molecular weight is 148 g/mol. The van der Waals surface area contributed by atoms with Gasteiger partial charge in [-0.3, -0.25) is 0 Å². The number of hydrogen-bond acceptors (Lipinski definition) is 0. The van der Waals surface area contributed by atoms with Crippen LogP contribution in [0.3, 0.4) is 0 Å². The lowest BCUT2D eigenvalue weighted by Crippen LogP contribution is -1.71. The molecule has 0 fully saturated rings. The van der Waals surface area contributed by atoms with E-state index in [4.69, 9.17) is 0 Å². The van der Waals surface area contributed by atoms with Gasteiger partial charge in [0.25, 0.3) is 0 Å². The smallest absolute Gasteiger partial charge is 0.0166 e. The molecule has 60 valence electrons. The number of allylic oxidation sites excluding steroid dienone is 6. The molecule has 0 aliphatic heterocycles. The van der Waals surface area contributed by atoms with Crippen molar-refractivity contribution in [3.05, 3.63) is 36.5 Å². The van der Waals surface area contributed by atoms with Crippen LogP contribution in [0, 0.1) is 0 Å². The topological polar surface area (TPSA) is 0 Å². The summed E-state index contributed by atoms with van der Waals surface area (Å²) in [6, 6.07) is 0. The standard InChI is InChI=1S/C11H16/c1-2-4-6-8-10-11-9-7-5-3-1/h1-4,7,9H,5-6,8,10-11H2/b3-1?,4-2?,9-7-. The molecule has 0 saturated heterocycles. The molecule has 1 aliphatic rings. The van der Waals surface area contributed by atoms with Crippen molar-refractivity contribution in [2.75, 3.05) is 0 Å². The average Bonchev–Trinajstić information content (AvgIpc) is 2.08. The molecule has 1 rings (SSSR count). The Bertz CT molecular complexity index is 161. The number of rotatable bonds is 0. The monoisotopic (exact) mass is 148 g/mol. The molecule has 0 bridgehead atoms. The van der Waals surface area contributed by atoms with E-state index in [-0.39, 0.29) is 0 Å². The first-order chi connectivity index (χ1) is 5.50. The maximum absolute atomic E-state index is 2.29. The van der Waals surface area contributed by atoms with Crippen LogP contribution in [0.15, 0.2) is 36.5 Å². The molecule has 0 aromatic rings. The lowest BCUT2D eigenvalue weighted by Gasteiger charge is -1.90. The van der Waals surface area contributed by atoms with Gasteiger partial charge in [-0.15, -0.1) is 0 Å². The summed E-state index contributed by atoms with van der Waals surface area (Å²) in [5.74, 6) is 0. The quantitative estimate of drug-likeness (QED) is 0.460. The van der Waals surface area contributed by atoms with E-state index in [1.807, 2.05) is 0 Å². The summed E-state index contributed by atoms with van der Waals surface area (Å²) >= 11 is 0. The fourth-order valence-corrected chi connectivity index (χ4v) is 1.15. The minimum Gasteiger partial charge on any atom is -0.0882 e. The second kappa shape index (κ2) is 5.96. The molecule has 0 atom stereocenters. The molecule has 0 radical (unpaired) electrons. The van der Waals surface area contributed by atoms with E-state index in [1.165, 1.54) is 25.7 Å². The van der Waals surface area contributed by atoms with Gasteiger partial charge < -0.3 is 0 Å². The van der Waals surface area contributed by atoms with Crippen LogP contribution in [0.2, 0.25) is 0 Å². The predicted octanol–water partition coefficient (Wildman–Crippen LogP) is 3.62. The van der Waals surface area contributed by atoms with E-state index in [9.17, 15) is 0 Å². The van der Waals surface area contributed by atoms with E-state index in [0.717, 1.165) is 6.42 Å². The molecule has 0 unspecified atom stereocenters. The van der Waals surface area contributed by atoms with Crippen molar-refractivity contribution in [2.24, 2.45) is 0 Å². The first-order valence-electron chi connectivity index (χ1n) is 4.47. The van der Waals surface area contributed by atoms with Crippen LogP contribution < -0.4 is 0 Å². The molecular weight excluding hydrogens is 132 g/mol. The Kier molecular flexibility index (Phi) is 4.51. The Morgan fingerprint density at radius 3 is 2.27 bits per heavy atom. The maximum Gasteiger partial charge on any atom is -0.0166 e. The van der Waals surface area contributed by atoms with Gasteiger partial charge in [0.2, 0.25) is 0 Å². The molecule has 0 heterocycles. The third-order valence-electron chi connectivity index (χ3n) is 1.81. The van der Waals surface area contributed by atoms with Crippen LogP contribution in [0.5, 0.6) is 0 Å². The van der Waals surface area contributed by atoms with Gasteiger partial charge in [-0.25, -0.2) is 0 Å². The molecule has 0 N–H and O–H groups in total. The highest BCUT2D eigenvalue weighted by molar-refractivity contribution is 5.05. The van der Waals surface area contributed by atoms with E-state index in [2.05, 4.69) is 36.5 Å². The van der Waals surface area contributed by atoms with Crippen LogP contribution >= 0.6 is 0 Å². The summed E-state index contributed by atoms with van der Waals surface area (Å²) in [5, 5.41) is 0. The number of hydrogen-bond donors (Lipinski definition) is 0. The second-order valence-electron chi connectivity index (χ2n) is 2.85. The minimum absolute atomic E-state index is 1.09. The third-order valence-corrected chi connectivity index (χ3v) is 1.81. The van der Waals surface area contributed by atoms with Crippen molar-refractivity contribution in [2.45, 2.75) is 32.1 Å². The van der Waals surface area contributed by atoms with Gasteiger partial charge in [0.05, 0.1) is 0 Å². The van der Waals surface area contributed by atoms with Gasteiger partial charge in [0.15, 0.2) is 0 Å². The van der Waals surface area contributed by atoms with Crippen molar-refractivity contribution in [3.8, 4) is 0 Å². The van der Waals surface area contributed by atoms with Crippen LogP contribution in [-0.2, 0) is 0 Å². The molecule has 1 aliphatic carbocycles. The van der Waals surface area contributed by atoms with Gasteiger partial charge in [-0.1, -0.05) is 36.5 Å². The fraction of sp³-hybridized carbons (Fsp3) is 0.455. The maximum atomic E-state index is 2.29. The minimum atomic E-state index is 1.09. The molecule has 11 heavy (non-hydrogen) atoms. The first kappa shape index (κ1) is 8.32. The Hall–Kier alpha value is -0.780. The Labute approximate surface area is 69.3 Å². The van der Waals surface area contributed by atoms with Gasteiger partial charge in [-0.05, 0) is 32.1 Å². The summed E-state index contributed by atoms with van der Waals surface area (Å²) in [7, 11) is 0. The largest absolute Gasteiger partial charge is 0.0882 e. The van der Waals surface area contributed by atoms with Crippen LogP contribution in [-0.4, -0.2) is 0 Å². The summed E-state index contributed by atoms with van der Waals surface area (Å²) in [5.41, 5.74) is 0.